The number of hydrogen-bond acceptors (Lipinski definition) is 6. The Morgan fingerprint density at radius 2 is 1.79 bits per heavy atom. The van der Waals surface area contributed by atoms with Gasteiger partial charge in [-0.15, -0.1) is 0 Å². The van der Waals surface area contributed by atoms with Gasteiger partial charge in [0, 0.05) is 17.8 Å². The molecule has 2 aromatic rings. The molecule has 1 aliphatic rings. The van der Waals surface area contributed by atoms with Crippen LogP contribution in [0.2, 0.25) is 0 Å². The standard InChI is InChI=1S/C18H12FN3O5S/c19-12-3-1-11(2-4-12)9-15-17(24)21(18(25)28-15)10-16(23)20-13-5-7-14(8-6-13)22(26)27/h1-9H,10H2,(H,20,23)/b15-9-. The zero-order chi connectivity index (χ0) is 20.3. The minimum Gasteiger partial charge on any atom is -0.325 e. The lowest BCUT2D eigenvalue weighted by molar-refractivity contribution is -0.384. The summed E-state index contributed by atoms with van der Waals surface area (Å²) >= 11 is 0.684. The molecule has 1 aliphatic heterocycles. The molecular weight excluding hydrogens is 389 g/mol. The van der Waals surface area contributed by atoms with E-state index >= 15 is 0 Å². The summed E-state index contributed by atoms with van der Waals surface area (Å²) < 4.78 is 13.0. The van der Waals surface area contributed by atoms with Gasteiger partial charge < -0.3 is 5.32 Å². The van der Waals surface area contributed by atoms with E-state index < -0.39 is 34.3 Å². The SMILES string of the molecule is O=C(CN1C(=O)S/C(=C\c2ccc(F)cc2)C1=O)Nc1ccc([N+](=O)[O-])cc1. The summed E-state index contributed by atoms with van der Waals surface area (Å²) in [4.78, 5) is 47.5. The van der Waals surface area contributed by atoms with Crippen molar-refractivity contribution < 1.29 is 23.7 Å². The normalized spacial score (nSPS) is 15.2. The van der Waals surface area contributed by atoms with Gasteiger partial charge in [0.15, 0.2) is 0 Å². The first-order valence-corrected chi connectivity index (χ1v) is 8.70. The van der Waals surface area contributed by atoms with E-state index in [1.54, 1.807) is 0 Å². The lowest BCUT2D eigenvalue weighted by atomic mass is 10.2. The zero-order valence-corrected chi connectivity index (χ0v) is 14.9. The lowest BCUT2D eigenvalue weighted by Crippen LogP contribution is -2.36. The molecule has 0 aromatic heterocycles. The fraction of sp³-hybridized carbons (Fsp3) is 0.0556. The highest BCUT2D eigenvalue weighted by atomic mass is 32.2. The van der Waals surface area contributed by atoms with Gasteiger partial charge in [0.05, 0.1) is 9.83 Å². The van der Waals surface area contributed by atoms with Crippen LogP contribution >= 0.6 is 11.8 Å². The molecule has 0 bridgehead atoms. The molecule has 0 spiro atoms. The van der Waals surface area contributed by atoms with Crippen LogP contribution in [0, 0.1) is 15.9 Å². The summed E-state index contributed by atoms with van der Waals surface area (Å²) in [6.07, 6.45) is 1.44. The van der Waals surface area contributed by atoms with E-state index in [4.69, 9.17) is 0 Å². The number of rotatable bonds is 5. The minimum absolute atomic E-state index is 0.125. The molecule has 8 nitrogen and oxygen atoms in total. The molecule has 0 radical (unpaired) electrons. The topological polar surface area (TPSA) is 110 Å². The van der Waals surface area contributed by atoms with Crippen molar-refractivity contribution in [3.63, 3.8) is 0 Å². The maximum Gasteiger partial charge on any atom is 0.294 e. The third-order valence-electron chi connectivity index (χ3n) is 3.70. The third-order valence-corrected chi connectivity index (χ3v) is 4.61. The van der Waals surface area contributed by atoms with Crippen molar-refractivity contribution in [1.29, 1.82) is 0 Å². The molecule has 0 aliphatic carbocycles. The average molecular weight is 401 g/mol. The van der Waals surface area contributed by atoms with Crippen LogP contribution in [0.15, 0.2) is 53.4 Å². The third kappa shape index (κ3) is 4.41. The quantitative estimate of drug-likeness (QED) is 0.467. The summed E-state index contributed by atoms with van der Waals surface area (Å²) in [5.41, 5.74) is 0.710. The lowest BCUT2D eigenvalue weighted by Gasteiger charge is -2.12. The zero-order valence-electron chi connectivity index (χ0n) is 14.1. The van der Waals surface area contributed by atoms with Gasteiger partial charge in [-0.05, 0) is 47.7 Å². The number of halogens is 1. The first-order valence-electron chi connectivity index (χ1n) is 7.89. The Kier molecular flexibility index (Phi) is 5.50. The molecule has 2 aromatic carbocycles. The van der Waals surface area contributed by atoms with E-state index in [1.165, 1.54) is 54.6 Å². The predicted molar refractivity (Wildman–Crippen MR) is 101 cm³/mol. The van der Waals surface area contributed by atoms with Crippen LogP contribution in [0.5, 0.6) is 0 Å². The van der Waals surface area contributed by atoms with Crippen molar-refractivity contribution in [3.8, 4) is 0 Å². The highest BCUT2D eigenvalue weighted by Gasteiger charge is 2.36. The number of benzene rings is 2. The number of nitrogens with one attached hydrogen (secondary N) is 1. The molecule has 3 amide bonds. The van der Waals surface area contributed by atoms with Crippen molar-refractivity contribution in [2.24, 2.45) is 0 Å². The number of imide groups is 1. The van der Waals surface area contributed by atoms with E-state index in [9.17, 15) is 28.9 Å². The van der Waals surface area contributed by atoms with E-state index in [0.29, 0.717) is 23.0 Å². The Morgan fingerprint density at radius 3 is 2.39 bits per heavy atom. The number of nitro groups is 1. The number of carbonyl (C=O) groups excluding carboxylic acids is 3. The minimum atomic E-state index is -0.627. The molecule has 28 heavy (non-hydrogen) atoms. The molecule has 1 heterocycles. The number of non-ortho nitro benzene ring substituents is 1. The Labute approximate surface area is 162 Å². The van der Waals surface area contributed by atoms with Gasteiger partial charge in [-0.2, -0.15) is 0 Å². The fourth-order valence-corrected chi connectivity index (χ4v) is 3.20. The molecule has 0 atom stereocenters. The Bertz CT molecular complexity index is 989. The van der Waals surface area contributed by atoms with E-state index in [1.807, 2.05) is 0 Å². The van der Waals surface area contributed by atoms with Crippen LogP contribution in [0.4, 0.5) is 20.6 Å². The van der Waals surface area contributed by atoms with Crippen LogP contribution in [-0.4, -0.2) is 33.4 Å². The van der Waals surface area contributed by atoms with Crippen LogP contribution in [0.25, 0.3) is 6.08 Å². The fourth-order valence-electron chi connectivity index (χ4n) is 2.36. The average Bonchev–Trinajstić information content (AvgIpc) is 2.91. The molecular formula is C18H12FN3O5S. The van der Waals surface area contributed by atoms with Crippen molar-refractivity contribution in [1.82, 2.24) is 4.90 Å². The number of hydrogen-bond donors (Lipinski definition) is 1. The second kappa shape index (κ2) is 8.01. The largest absolute Gasteiger partial charge is 0.325 e. The number of nitro benzene ring substituents is 1. The molecule has 1 fully saturated rings. The number of carbonyl (C=O) groups is 3. The Morgan fingerprint density at radius 1 is 1.14 bits per heavy atom. The summed E-state index contributed by atoms with van der Waals surface area (Å²) in [7, 11) is 0. The van der Waals surface area contributed by atoms with E-state index in [2.05, 4.69) is 5.32 Å². The van der Waals surface area contributed by atoms with Gasteiger partial charge in [0.1, 0.15) is 12.4 Å². The van der Waals surface area contributed by atoms with Gasteiger partial charge in [0.2, 0.25) is 5.91 Å². The summed E-state index contributed by atoms with van der Waals surface area (Å²) in [5, 5.41) is 12.5. The number of amides is 3. The monoisotopic (exact) mass is 401 g/mol. The summed E-state index contributed by atoms with van der Waals surface area (Å²) in [6, 6.07) is 10.5. The molecule has 10 heteroatoms. The molecule has 142 valence electrons. The highest BCUT2D eigenvalue weighted by molar-refractivity contribution is 8.18. The summed E-state index contributed by atoms with van der Waals surface area (Å²) in [6.45, 7) is -0.498. The van der Waals surface area contributed by atoms with Gasteiger partial charge >= 0.3 is 0 Å². The Balaban J connectivity index is 1.65. The van der Waals surface area contributed by atoms with Crippen molar-refractivity contribution in [2.45, 2.75) is 0 Å². The number of thioether (sulfide) groups is 1. The molecule has 1 saturated heterocycles. The molecule has 0 saturated carbocycles. The molecule has 0 unspecified atom stereocenters. The van der Waals surface area contributed by atoms with Crippen LogP contribution in [0.1, 0.15) is 5.56 Å². The van der Waals surface area contributed by atoms with E-state index in [-0.39, 0.29) is 10.6 Å². The number of nitrogens with zero attached hydrogens (tertiary/aromatic N) is 2. The molecule has 3 rings (SSSR count). The van der Waals surface area contributed by atoms with Crippen LogP contribution in [0.3, 0.4) is 0 Å². The molecule has 1 N–H and O–H groups in total. The van der Waals surface area contributed by atoms with Crippen molar-refractivity contribution in [3.05, 3.63) is 74.9 Å². The first-order chi connectivity index (χ1) is 13.3. The first kappa shape index (κ1) is 19.2. The summed E-state index contributed by atoms with van der Waals surface area (Å²) in [5.74, 6) is -1.68. The van der Waals surface area contributed by atoms with Crippen LogP contribution < -0.4 is 5.32 Å². The smallest absolute Gasteiger partial charge is 0.294 e. The maximum atomic E-state index is 13.0. The van der Waals surface area contributed by atoms with E-state index in [0.717, 1.165) is 4.90 Å². The van der Waals surface area contributed by atoms with Gasteiger partial charge in [-0.1, -0.05) is 12.1 Å². The highest BCUT2D eigenvalue weighted by Crippen LogP contribution is 2.32. The van der Waals surface area contributed by atoms with Crippen molar-refractivity contribution in [2.75, 3.05) is 11.9 Å². The second-order valence-corrected chi connectivity index (χ2v) is 6.66. The van der Waals surface area contributed by atoms with Crippen molar-refractivity contribution >= 4 is 46.3 Å². The van der Waals surface area contributed by atoms with Crippen LogP contribution in [-0.2, 0) is 9.59 Å². The van der Waals surface area contributed by atoms with Gasteiger partial charge in [-0.3, -0.25) is 29.4 Å². The maximum absolute atomic E-state index is 13.0. The number of anilines is 1. The predicted octanol–water partition coefficient (Wildman–Crippen LogP) is 3.41. The Hall–Kier alpha value is -3.53. The second-order valence-electron chi connectivity index (χ2n) is 5.67. The van der Waals surface area contributed by atoms with Gasteiger partial charge in [-0.25, -0.2) is 4.39 Å². The van der Waals surface area contributed by atoms with Gasteiger partial charge in [0.25, 0.3) is 16.8 Å².